The summed E-state index contributed by atoms with van der Waals surface area (Å²) in [5, 5.41) is 10.6. The molecule has 0 saturated carbocycles. The number of carboxylic acid groups (broad SMARTS) is 1. The second kappa shape index (κ2) is 7.73. The van der Waals surface area contributed by atoms with Crippen LogP contribution in [0, 0.1) is 0 Å². The van der Waals surface area contributed by atoms with Gasteiger partial charge in [-0.3, -0.25) is 0 Å². The predicted molar refractivity (Wildman–Crippen MR) is 113 cm³/mol. The van der Waals surface area contributed by atoms with E-state index in [2.05, 4.69) is 6.92 Å². The van der Waals surface area contributed by atoms with Crippen LogP contribution in [0.25, 0.3) is 33.4 Å². The molecule has 0 aliphatic heterocycles. The lowest BCUT2D eigenvalue weighted by molar-refractivity contribution is 0.0699. The summed E-state index contributed by atoms with van der Waals surface area (Å²) in [5.41, 5.74) is 4.64. The number of hydrogen-bond acceptors (Lipinski definition) is 2. The van der Waals surface area contributed by atoms with E-state index in [1.165, 1.54) is 0 Å². The van der Waals surface area contributed by atoms with Gasteiger partial charge >= 0.3 is 5.97 Å². The minimum Gasteiger partial charge on any atom is -0.478 e. The Labute approximate surface area is 164 Å². The molecular formula is C25H22O3. The van der Waals surface area contributed by atoms with Crippen LogP contribution in [0.15, 0.2) is 77.2 Å². The lowest BCUT2D eigenvalue weighted by atomic mass is 9.94. The topological polar surface area (TPSA) is 50.4 Å². The van der Waals surface area contributed by atoms with Crippen molar-refractivity contribution < 1.29 is 14.3 Å². The molecule has 1 N–H and O–H groups in total. The first kappa shape index (κ1) is 18.1. The summed E-state index contributed by atoms with van der Waals surface area (Å²) in [7, 11) is 0. The van der Waals surface area contributed by atoms with E-state index >= 15 is 0 Å². The molecule has 0 spiro atoms. The molecule has 0 unspecified atom stereocenters. The SMILES string of the molecule is CCCCc1cc(C(=O)O)c2c(-c3ccccc3)c(-c3ccccc3)oc2c1. The largest absolute Gasteiger partial charge is 0.478 e. The van der Waals surface area contributed by atoms with Crippen LogP contribution in [-0.2, 0) is 6.42 Å². The number of fused-ring (bicyclic) bond motifs is 1. The predicted octanol–water partition coefficient (Wildman–Crippen LogP) is 6.81. The van der Waals surface area contributed by atoms with Crippen molar-refractivity contribution >= 4 is 16.9 Å². The Kier molecular flexibility index (Phi) is 4.98. The lowest BCUT2D eigenvalue weighted by Crippen LogP contribution is -1.99. The Morgan fingerprint density at radius 2 is 1.57 bits per heavy atom. The van der Waals surface area contributed by atoms with E-state index in [1.54, 1.807) is 6.07 Å². The molecule has 3 heteroatoms. The molecule has 0 radical (unpaired) electrons. The Balaban J connectivity index is 2.06. The Hall–Kier alpha value is -3.33. The van der Waals surface area contributed by atoms with Crippen LogP contribution in [0.3, 0.4) is 0 Å². The normalized spacial score (nSPS) is 11.0. The Morgan fingerprint density at radius 3 is 2.18 bits per heavy atom. The summed E-state index contributed by atoms with van der Waals surface area (Å²) in [6.45, 7) is 2.13. The van der Waals surface area contributed by atoms with Crippen LogP contribution in [-0.4, -0.2) is 11.1 Å². The zero-order valence-electron chi connectivity index (χ0n) is 15.8. The molecule has 0 amide bonds. The van der Waals surface area contributed by atoms with Crippen molar-refractivity contribution in [1.82, 2.24) is 0 Å². The molecule has 4 aromatic rings. The lowest BCUT2D eigenvalue weighted by Gasteiger charge is -2.07. The number of hydrogen-bond donors (Lipinski definition) is 1. The van der Waals surface area contributed by atoms with Crippen molar-refractivity contribution in [3.63, 3.8) is 0 Å². The van der Waals surface area contributed by atoms with Crippen molar-refractivity contribution in [3.05, 3.63) is 83.9 Å². The van der Waals surface area contributed by atoms with Crippen molar-refractivity contribution in [1.29, 1.82) is 0 Å². The molecule has 0 bridgehead atoms. The zero-order valence-corrected chi connectivity index (χ0v) is 15.8. The van der Waals surface area contributed by atoms with Gasteiger partial charge in [0.2, 0.25) is 0 Å². The highest BCUT2D eigenvalue weighted by atomic mass is 16.4. The summed E-state index contributed by atoms with van der Waals surface area (Å²) in [6.07, 6.45) is 2.92. The summed E-state index contributed by atoms with van der Waals surface area (Å²) in [6, 6.07) is 23.5. The molecule has 4 rings (SSSR count). The summed E-state index contributed by atoms with van der Waals surface area (Å²) in [5.74, 6) is -0.224. The number of unbranched alkanes of at least 4 members (excludes halogenated alkanes) is 1. The van der Waals surface area contributed by atoms with E-state index in [4.69, 9.17) is 4.42 Å². The van der Waals surface area contributed by atoms with Gasteiger partial charge in [0, 0.05) is 16.5 Å². The molecule has 1 heterocycles. The quantitative estimate of drug-likeness (QED) is 0.406. The molecule has 0 fully saturated rings. The molecule has 0 saturated heterocycles. The van der Waals surface area contributed by atoms with E-state index in [1.807, 2.05) is 66.7 Å². The van der Waals surface area contributed by atoms with Crippen LogP contribution < -0.4 is 0 Å². The average Bonchev–Trinajstić information content (AvgIpc) is 3.12. The number of carbonyl (C=O) groups is 1. The molecule has 3 aromatic carbocycles. The summed E-state index contributed by atoms with van der Waals surface area (Å²) >= 11 is 0. The van der Waals surface area contributed by atoms with Gasteiger partial charge in [0.1, 0.15) is 11.3 Å². The van der Waals surface area contributed by atoms with Crippen molar-refractivity contribution in [2.24, 2.45) is 0 Å². The molecule has 1 aromatic heterocycles. The van der Waals surface area contributed by atoms with Crippen LogP contribution in [0.4, 0.5) is 0 Å². The van der Waals surface area contributed by atoms with E-state index < -0.39 is 5.97 Å². The number of furan rings is 1. The van der Waals surface area contributed by atoms with E-state index in [9.17, 15) is 9.90 Å². The zero-order chi connectivity index (χ0) is 19.5. The fourth-order valence-corrected chi connectivity index (χ4v) is 3.65. The highest BCUT2D eigenvalue weighted by molar-refractivity contribution is 6.12. The third kappa shape index (κ3) is 3.31. The molecular weight excluding hydrogens is 348 g/mol. The van der Waals surface area contributed by atoms with E-state index in [0.717, 1.165) is 41.5 Å². The summed E-state index contributed by atoms with van der Waals surface area (Å²) < 4.78 is 6.29. The minimum absolute atomic E-state index is 0.299. The number of rotatable bonds is 6. The van der Waals surface area contributed by atoms with Gasteiger partial charge in [-0.05, 0) is 36.1 Å². The molecule has 0 aliphatic rings. The van der Waals surface area contributed by atoms with Gasteiger partial charge in [-0.2, -0.15) is 0 Å². The fourth-order valence-electron chi connectivity index (χ4n) is 3.65. The highest BCUT2D eigenvalue weighted by Crippen LogP contribution is 2.42. The molecule has 0 atom stereocenters. The first-order valence-corrected chi connectivity index (χ1v) is 9.62. The van der Waals surface area contributed by atoms with Crippen molar-refractivity contribution in [2.45, 2.75) is 26.2 Å². The van der Waals surface area contributed by atoms with Gasteiger partial charge in [-0.15, -0.1) is 0 Å². The van der Waals surface area contributed by atoms with Crippen molar-refractivity contribution in [2.75, 3.05) is 0 Å². The van der Waals surface area contributed by atoms with Gasteiger partial charge in [0.25, 0.3) is 0 Å². The van der Waals surface area contributed by atoms with Crippen LogP contribution in [0.1, 0.15) is 35.7 Å². The third-order valence-corrected chi connectivity index (χ3v) is 5.00. The van der Waals surface area contributed by atoms with Crippen LogP contribution in [0.5, 0.6) is 0 Å². The maximum Gasteiger partial charge on any atom is 0.336 e. The van der Waals surface area contributed by atoms with Crippen LogP contribution in [0.2, 0.25) is 0 Å². The average molecular weight is 370 g/mol. The maximum absolute atomic E-state index is 12.1. The van der Waals surface area contributed by atoms with Gasteiger partial charge in [-0.1, -0.05) is 74.0 Å². The van der Waals surface area contributed by atoms with Gasteiger partial charge < -0.3 is 9.52 Å². The second-order valence-corrected chi connectivity index (χ2v) is 6.96. The first-order valence-electron chi connectivity index (χ1n) is 9.62. The molecule has 0 aliphatic carbocycles. The van der Waals surface area contributed by atoms with Crippen molar-refractivity contribution in [3.8, 4) is 22.5 Å². The van der Waals surface area contributed by atoms with E-state index in [0.29, 0.717) is 22.3 Å². The monoisotopic (exact) mass is 370 g/mol. The second-order valence-electron chi connectivity index (χ2n) is 6.96. The number of benzene rings is 3. The number of aromatic carboxylic acids is 1. The van der Waals surface area contributed by atoms with Gasteiger partial charge in [-0.25, -0.2) is 4.79 Å². The van der Waals surface area contributed by atoms with Crippen LogP contribution >= 0.6 is 0 Å². The number of aryl methyl sites for hydroxylation is 1. The van der Waals surface area contributed by atoms with Gasteiger partial charge in [0.15, 0.2) is 0 Å². The third-order valence-electron chi connectivity index (χ3n) is 5.00. The molecule has 140 valence electrons. The Bertz CT molecular complexity index is 1110. The molecule has 3 nitrogen and oxygen atoms in total. The minimum atomic E-state index is -0.930. The standard InChI is InChI=1S/C25H22O3/c1-2-3-10-17-15-20(25(26)27)23-21(16-17)28-24(19-13-8-5-9-14-19)22(23)18-11-6-4-7-12-18/h4-9,11-16H,2-3,10H2,1H3,(H,26,27). The molecule has 28 heavy (non-hydrogen) atoms. The first-order chi connectivity index (χ1) is 13.7. The maximum atomic E-state index is 12.1. The smallest absolute Gasteiger partial charge is 0.336 e. The van der Waals surface area contributed by atoms with E-state index in [-0.39, 0.29) is 0 Å². The Morgan fingerprint density at radius 1 is 0.929 bits per heavy atom. The summed E-state index contributed by atoms with van der Waals surface area (Å²) in [4.78, 5) is 12.1. The number of carboxylic acids is 1. The fraction of sp³-hybridized carbons (Fsp3) is 0.160. The highest BCUT2D eigenvalue weighted by Gasteiger charge is 2.23. The van der Waals surface area contributed by atoms with Gasteiger partial charge in [0.05, 0.1) is 5.56 Å².